The zero-order chi connectivity index (χ0) is 14.8. The zero-order valence-corrected chi connectivity index (χ0v) is 10.2. The molecular formula is C9H4Cl2F6N2. The molecule has 0 atom stereocenters. The fraction of sp³-hybridized carbons (Fsp3) is 0.222. The molecule has 1 aromatic rings. The Morgan fingerprint density at radius 3 is 1.84 bits per heavy atom. The van der Waals surface area contributed by atoms with Crippen molar-refractivity contribution in [2.24, 2.45) is 5.10 Å². The molecule has 0 radical (unpaired) electrons. The van der Waals surface area contributed by atoms with Crippen LogP contribution in [0.15, 0.2) is 17.2 Å². The first kappa shape index (κ1) is 15.9. The molecule has 0 heterocycles. The van der Waals surface area contributed by atoms with E-state index in [1.165, 1.54) is 0 Å². The Morgan fingerprint density at radius 2 is 1.47 bits per heavy atom. The average molecular weight is 325 g/mol. The molecule has 2 nitrogen and oxygen atoms in total. The zero-order valence-electron chi connectivity index (χ0n) is 8.70. The molecule has 0 bridgehead atoms. The van der Waals surface area contributed by atoms with E-state index in [9.17, 15) is 26.3 Å². The van der Waals surface area contributed by atoms with Gasteiger partial charge in [-0.05, 0) is 12.1 Å². The van der Waals surface area contributed by atoms with E-state index in [0.29, 0.717) is 12.1 Å². The number of rotatable bonds is 2. The average Bonchev–Trinajstić information content (AvgIpc) is 2.18. The lowest BCUT2D eigenvalue weighted by atomic mass is 10.2. The molecule has 1 aromatic carbocycles. The second-order valence-electron chi connectivity index (χ2n) is 3.22. The van der Waals surface area contributed by atoms with E-state index in [0.717, 1.165) is 0 Å². The first-order chi connectivity index (χ1) is 8.50. The highest BCUT2D eigenvalue weighted by Gasteiger charge is 2.32. The van der Waals surface area contributed by atoms with Gasteiger partial charge in [0.2, 0.25) is 0 Å². The van der Waals surface area contributed by atoms with E-state index in [1.54, 1.807) is 0 Å². The summed E-state index contributed by atoms with van der Waals surface area (Å²) < 4.78 is 72.4. The van der Waals surface area contributed by atoms with Gasteiger partial charge in [-0.15, -0.1) is 0 Å². The van der Waals surface area contributed by atoms with E-state index in [2.05, 4.69) is 5.10 Å². The molecule has 0 amide bonds. The molecular weight excluding hydrogens is 321 g/mol. The van der Waals surface area contributed by atoms with Crippen LogP contribution >= 0.6 is 23.2 Å². The minimum atomic E-state index is -4.67. The summed E-state index contributed by atoms with van der Waals surface area (Å²) in [5, 5.41) is 1.77. The van der Waals surface area contributed by atoms with Gasteiger partial charge in [0, 0.05) is 0 Å². The summed E-state index contributed by atoms with van der Waals surface area (Å²) in [6.45, 7) is 0. The molecule has 0 aromatic heterocycles. The monoisotopic (exact) mass is 324 g/mol. The van der Waals surface area contributed by atoms with Crippen molar-refractivity contribution in [1.82, 2.24) is 0 Å². The first-order valence-corrected chi connectivity index (χ1v) is 5.19. The Bertz CT molecular complexity index is 471. The lowest BCUT2D eigenvalue weighted by Gasteiger charge is -2.11. The number of alkyl halides is 6. The van der Waals surface area contributed by atoms with Crippen LogP contribution in [0.3, 0.4) is 0 Å². The number of nitrogens with zero attached hydrogens (tertiary/aromatic N) is 1. The van der Waals surface area contributed by atoms with Crippen LogP contribution in [0.4, 0.5) is 32.0 Å². The van der Waals surface area contributed by atoms with E-state index in [4.69, 9.17) is 23.2 Å². The van der Waals surface area contributed by atoms with Crippen LogP contribution in [0.2, 0.25) is 10.0 Å². The number of benzene rings is 1. The summed E-state index contributed by atoms with van der Waals surface area (Å²) in [5.41, 5.74) is 0.367. The van der Waals surface area contributed by atoms with Crippen molar-refractivity contribution in [3.05, 3.63) is 27.7 Å². The quantitative estimate of drug-likeness (QED) is 0.463. The minimum Gasteiger partial charge on any atom is -0.275 e. The fourth-order valence-corrected chi connectivity index (χ4v) is 1.59. The van der Waals surface area contributed by atoms with Crippen molar-refractivity contribution < 1.29 is 26.3 Å². The smallest absolute Gasteiger partial charge is 0.275 e. The van der Waals surface area contributed by atoms with Crippen LogP contribution < -0.4 is 5.43 Å². The van der Waals surface area contributed by atoms with Crippen molar-refractivity contribution >= 4 is 35.1 Å². The van der Waals surface area contributed by atoms with Crippen LogP contribution in [-0.4, -0.2) is 12.4 Å². The lowest BCUT2D eigenvalue weighted by molar-refractivity contribution is -0.137. The summed E-state index contributed by atoms with van der Waals surface area (Å²) in [4.78, 5) is 0. The Kier molecular flexibility index (Phi) is 4.57. The third-order valence-corrected chi connectivity index (χ3v) is 2.35. The third-order valence-electron chi connectivity index (χ3n) is 1.76. The van der Waals surface area contributed by atoms with Gasteiger partial charge in [-0.2, -0.15) is 31.4 Å². The lowest BCUT2D eigenvalue weighted by Crippen LogP contribution is -2.10. The predicted octanol–water partition coefficient (Wildman–Crippen LogP) is 4.97. The highest BCUT2D eigenvalue weighted by molar-refractivity contribution is 6.39. The number of hydrazone groups is 1. The highest BCUT2D eigenvalue weighted by atomic mass is 35.5. The summed E-state index contributed by atoms with van der Waals surface area (Å²) in [5.74, 6) is 0. The molecule has 0 fully saturated rings. The number of anilines is 1. The van der Waals surface area contributed by atoms with Gasteiger partial charge in [-0.1, -0.05) is 23.2 Å². The van der Waals surface area contributed by atoms with Gasteiger partial charge < -0.3 is 0 Å². The molecule has 0 saturated heterocycles. The van der Waals surface area contributed by atoms with Gasteiger partial charge in [-0.3, -0.25) is 5.43 Å². The number of hydrogen-bond acceptors (Lipinski definition) is 2. The molecule has 19 heavy (non-hydrogen) atoms. The normalized spacial score (nSPS) is 13.1. The summed E-state index contributed by atoms with van der Waals surface area (Å²) in [6, 6.07) is 1.05. The fourth-order valence-electron chi connectivity index (χ4n) is 1.01. The molecule has 106 valence electrons. The second-order valence-corrected chi connectivity index (χ2v) is 4.04. The van der Waals surface area contributed by atoms with Gasteiger partial charge >= 0.3 is 12.4 Å². The van der Waals surface area contributed by atoms with E-state index in [-0.39, 0.29) is 5.69 Å². The third kappa shape index (κ3) is 4.79. The number of hydrogen-bond donors (Lipinski definition) is 1. The molecule has 1 N–H and O–H groups in total. The predicted molar refractivity (Wildman–Crippen MR) is 59.6 cm³/mol. The van der Waals surface area contributed by atoms with Crippen LogP contribution in [0.1, 0.15) is 5.56 Å². The summed E-state index contributed by atoms with van der Waals surface area (Å²) in [7, 11) is 0. The van der Waals surface area contributed by atoms with Gasteiger partial charge in [0.15, 0.2) is 0 Å². The van der Waals surface area contributed by atoms with Crippen LogP contribution in [-0.2, 0) is 6.18 Å². The SMILES string of the molecule is FC(F)(F)/C=N/Nc1c(Cl)cc(C(F)(F)F)cc1Cl. The minimum absolute atomic E-state index is 0.350. The first-order valence-electron chi connectivity index (χ1n) is 4.44. The maximum Gasteiger partial charge on any atom is 0.428 e. The Labute approximate surface area is 113 Å². The summed E-state index contributed by atoms with van der Waals surface area (Å²) >= 11 is 11.0. The molecule has 1 rings (SSSR count). The van der Waals surface area contributed by atoms with Crippen molar-refractivity contribution in [2.45, 2.75) is 12.4 Å². The van der Waals surface area contributed by atoms with Crippen molar-refractivity contribution in [1.29, 1.82) is 0 Å². The molecule has 0 aliphatic heterocycles. The molecule has 0 saturated carbocycles. The molecule has 0 aliphatic rings. The van der Waals surface area contributed by atoms with Gasteiger partial charge in [0.05, 0.1) is 21.3 Å². The van der Waals surface area contributed by atoms with Gasteiger partial charge in [0.1, 0.15) is 6.21 Å². The molecule has 0 spiro atoms. The maximum absolute atomic E-state index is 12.4. The van der Waals surface area contributed by atoms with Gasteiger partial charge in [-0.25, -0.2) is 0 Å². The van der Waals surface area contributed by atoms with Crippen LogP contribution in [0, 0.1) is 0 Å². The second kappa shape index (κ2) is 5.46. The molecule has 0 unspecified atom stereocenters. The van der Waals surface area contributed by atoms with Crippen molar-refractivity contribution in [2.75, 3.05) is 5.43 Å². The largest absolute Gasteiger partial charge is 0.428 e. The van der Waals surface area contributed by atoms with Crippen molar-refractivity contribution in [3.63, 3.8) is 0 Å². The van der Waals surface area contributed by atoms with Crippen molar-refractivity contribution in [3.8, 4) is 0 Å². The van der Waals surface area contributed by atoms with Crippen LogP contribution in [0.5, 0.6) is 0 Å². The van der Waals surface area contributed by atoms with Crippen LogP contribution in [0.25, 0.3) is 0 Å². The Balaban J connectivity index is 3.02. The standard InChI is InChI=1S/C9H4Cl2F6N2/c10-5-1-4(9(15,16)17)2-6(11)7(5)19-18-3-8(12,13)14/h1-3,19H/b18-3+. The topological polar surface area (TPSA) is 24.4 Å². The molecule has 0 aliphatic carbocycles. The number of nitrogens with one attached hydrogen (secondary N) is 1. The van der Waals surface area contributed by atoms with Gasteiger partial charge in [0.25, 0.3) is 0 Å². The summed E-state index contributed by atoms with van der Waals surface area (Å²) in [6.07, 6.45) is -9.73. The Hall–Kier alpha value is -1.15. The highest BCUT2D eigenvalue weighted by Crippen LogP contribution is 2.38. The number of halogens is 8. The Morgan fingerprint density at radius 1 is 1.00 bits per heavy atom. The van der Waals surface area contributed by atoms with E-state index < -0.39 is 34.2 Å². The van der Waals surface area contributed by atoms with E-state index >= 15 is 0 Å². The van der Waals surface area contributed by atoms with E-state index in [1.807, 2.05) is 5.43 Å². The molecule has 10 heteroatoms. The maximum atomic E-state index is 12.4.